The van der Waals surface area contributed by atoms with Crippen molar-refractivity contribution in [2.24, 2.45) is 0 Å². The van der Waals surface area contributed by atoms with E-state index in [1.165, 1.54) is 5.69 Å². The first kappa shape index (κ1) is 15.8. The third-order valence-corrected chi connectivity index (χ3v) is 4.92. The highest BCUT2D eigenvalue weighted by atomic mass is 32.1. The highest BCUT2D eigenvalue weighted by Gasteiger charge is 2.40. The zero-order chi connectivity index (χ0) is 17.2. The van der Waals surface area contributed by atoms with Gasteiger partial charge in [-0.05, 0) is 55.5 Å². The Labute approximate surface area is 152 Å². The van der Waals surface area contributed by atoms with Gasteiger partial charge in [-0.2, -0.15) is 0 Å². The van der Waals surface area contributed by atoms with E-state index in [1.54, 1.807) is 0 Å². The second-order valence-corrected chi connectivity index (χ2v) is 6.31. The molecule has 3 aromatic heterocycles. The molecular weight excluding hydrogens is 330 g/mol. The number of pyridine rings is 2. The van der Waals surface area contributed by atoms with Gasteiger partial charge >= 0.3 is 0 Å². The van der Waals surface area contributed by atoms with Crippen LogP contribution in [0.2, 0.25) is 0 Å². The topological polar surface area (TPSA) is 46.0 Å². The number of hydrogen-bond donors (Lipinski definition) is 1. The van der Waals surface area contributed by atoms with Gasteiger partial charge in [0, 0.05) is 42.7 Å². The molecule has 4 rings (SSSR count). The molecule has 6 heteroatoms. The number of likely N-dealkylation sites (N-methyl/N-ethyl adjacent to an activating group) is 1. The van der Waals surface area contributed by atoms with Crippen molar-refractivity contribution in [1.82, 2.24) is 24.8 Å². The second kappa shape index (κ2) is 6.64. The van der Waals surface area contributed by atoms with E-state index in [-0.39, 0.29) is 12.1 Å². The fraction of sp³-hybridized carbons (Fsp3) is 0.211. The van der Waals surface area contributed by atoms with Crippen LogP contribution >= 0.6 is 12.2 Å². The van der Waals surface area contributed by atoms with Crippen LogP contribution in [0.25, 0.3) is 5.69 Å². The minimum Gasteiger partial charge on any atom is -0.352 e. The Hall–Kier alpha value is -2.73. The van der Waals surface area contributed by atoms with Gasteiger partial charge in [0.25, 0.3) is 0 Å². The quantitative estimate of drug-likeness (QED) is 0.733. The molecule has 2 atom stereocenters. The maximum absolute atomic E-state index is 5.60. The van der Waals surface area contributed by atoms with Crippen LogP contribution in [0.15, 0.2) is 67.3 Å². The smallest absolute Gasteiger partial charge is 0.170 e. The van der Waals surface area contributed by atoms with Crippen LogP contribution in [-0.2, 0) is 0 Å². The first-order valence-electron chi connectivity index (χ1n) is 8.35. The average molecular weight is 349 g/mol. The molecule has 0 radical (unpaired) electrons. The van der Waals surface area contributed by atoms with Gasteiger partial charge in [-0.15, -0.1) is 0 Å². The predicted octanol–water partition coefficient (Wildman–Crippen LogP) is 3.26. The lowest BCUT2D eigenvalue weighted by Gasteiger charge is -2.27. The summed E-state index contributed by atoms with van der Waals surface area (Å²) < 4.78 is 2.19. The van der Waals surface area contributed by atoms with E-state index in [9.17, 15) is 0 Å². The van der Waals surface area contributed by atoms with Gasteiger partial charge in [0.05, 0.1) is 17.8 Å². The molecule has 0 saturated carbocycles. The maximum atomic E-state index is 5.60. The van der Waals surface area contributed by atoms with Crippen molar-refractivity contribution >= 4 is 17.3 Å². The van der Waals surface area contributed by atoms with Gasteiger partial charge < -0.3 is 14.8 Å². The lowest BCUT2D eigenvalue weighted by Crippen LogP contribution is -2.30. The Bertz CT molecular complexity index is 862. The molecule has 3 aromatic rings. The van der Waals surface area contributed by atoms with Crippen LogP contribution in [0.5, 0.6) is 0 Å². The van der Waals surface area contributed by atoms with Crippen molar-refractivity contribution in [2.75, 3.05) is 6.54 Å². The van der Waals surface area contributed by atoms with Crippen LogP contribution in [0, 0.1) is 0 Å². The summed E-state index contributed by atoms with van der Waals surface area (Å²) in [6, 6.07) is 14.3. The minimum absolute atomic E-state index is 0.0177. The Balaban J connectivity index is 1.81. The summed E-state index contributed by atoms with van der Waals surface area (Å²) in [5, 5.41) is 4.23. The molecule has 1 N–H and O–H groups in total. The maximum Gasteiger partial charge on any atom is 0.170 e. The van der Waals surface area contributed by atoms with Crippen molar-refractivity contribution in [2.45, 2.75) is 19.0 Å². The van der Waals surface area contributed by atoms with Gasteiger partial charge in [0.1, 0.15) is 0 Å². The first-order chi connectivity index (χ1) is 12.3. The minimum atomic E-state index is 0.0177. The van der Waals surface area contributed by atoms with Crippen LogP contribution in [0.1, 0.15) is 30.4 Å². The summed E-state index contributed by atoms with van der Waals surface area (Å²) in [6.45, 7) is 2.96. The van der Waals surface area contributed by atoms with Gasteiger partial charge in [0.15, 0.2) is 5.11 Å². The molecule has 0 aliphatic carbocycles. The van der Waals surface area contributed by atoms with Crippen molar-refractivity contribution in [3.05, 3.63) is 78.6 Å². The molecular formula is C19H19N5S. The molecule has 1 aliphatic rings. The van der Waals surface area contributed by atoms with Gasteiger partial charge in [-0.1, -0.05) is 6.07 Å². The van der Waals surface area contributed by atoms with E-state index < -0.39 is 0 Å². The Morgan fingerprint density at radius 2 is 1.92 bits per heavy atom. The standard InChI is InChI=1S/C19H19N5S/c1-2-23-18(17(22-19(23)25)15-6-3-4-10-21-15)16-7-5-13-24(16)14-8-11-20-12-9-14/h3-13,17-18H,2H2,1H3,(H,22,25). The Morgan fingerprint density at radius 3 is 2.64 bits per heavy atom. The van der Waals surface area contributed by atoms with Crippen molar-refractivity contribution in [3.63, 3.8) is 0 Å². The lowest BCUT2D eigenvalue weighted by atomic mass is 10.0. The van der Waals surface area contributed by atoms with Crippen LogP contribution in [0.4, 0.5) is 0 Å². The van der Waals surface area contributed by atoms with Gasteiger partial charge in [-0.25, -0.2) is 0 Å². The van der Waals surface area contributed by atoms with Gasteiger partial charge in [-0.3, -0.25) is 9.97 Å². The Kier molecular flexibility index (Phi) is 4.19. The second-order valence-electron chi connectivity index (χ2n) is 5.92. The molecule has 4 heterocycles. The van der Waals surface area contributed by atoms with Gasteiger partial charge in [0.2, 0.25) is 0 Å². The van der Waals surface area contributed by atoms with E-state index in [2.05, 4.69) is 50.0 Å². The van der Waals surface area contributed by atoms with Crippen LogP contribution < -0.4 is 5.32 Å². The molecule has 1 fully saturated rings. The molecule has 1 saturated heterocycles. The van der Waals surface area contributed by atoms with Crippen molar-refractivity contribution in [3.8, 4) is 5.69 Å². The first-order valence-corrected chi connectivity index (χ1v) is 8.76. The largest absolute Gasteiger partial charge is 0.352 e. The zero-order valence-corrected chi connectivity index (χ0v) is 14.7. The number of nitrogens with zero attached hydrogens (tertiary/aromatic N) is 4. The van der Waals surface area contributed by atoms with E-state index in [0.29, 0.717) is 0 Å². The molecule has 126 valence electrons. The summed E-state index contributed by atoms with van der Waals surface area (Å²) >= 11 is 5.60. The molecule has 2 unspecified atom stereocenters. The molecule has 0 spiro atoms. The number of hydrogen-bond acceptors (Lipinski definition) is 3. The summed E-state index contributed by atoms with van der Waals surface area (Å²) in [5.41, 5.74) is 3.26. The van der Waals surface area contributed by atoms with E-state index in [0.717, 1.165) is 23.0 Å². The molecule has 0 aromatic carbocycles. The van der Waals surface area contributed by atoms with Crippen molar-refractivity contribution < 1.29 is 0 Å². The zero-order valence-electron chi connectivity index (χ0n) is 13.9. The Morgan fingerprint density at radius 1 is 1.08 bits per heavy atom. The molecule has 0 bridgehead atoms. The summed E-state index contributed by atoms with van der Waals surface area (Å²) in [6.07, 6.45) is 7.53. The number of thiocarbonyl (C=S) groups is 1. The molecule has 5 nitrogen and oxygen atoms in total. The predicted molar refractivity (Wildman–Crippen MR) is 101 cm³/mol. The normalized spacial score (nSPS) is 19.9. The SMILES string of the molecule is CCN1C(=S)NC(c2ccccn2)C1c1cccn1-c1ccncc1. The number of nitrogens with one attached hydrogen (secondary N) is 1. The molecule has 1 aliphatic heterocycles. The van der Waals surface area contributed by atoms with E-state index in [1.807, 2.05) is 48.9 Å². The number of aromatic nitrogens is 3. The van der Waals surface area contributed by atoms with Crippen LogP contribution in [-0.4, -0.2) is 31.1 Å². The monoisotopic (exact) mass is 349 g/mol. The van der Waals surface area contributed by atoms with Crippen molar-refractivity contribution in [1.29, 1.82) is 0 Å². The summed E-state index contributed by atoms with van der Waals surface area (Å²) in [7, 11) is 0. The molecule has 0 amide bonds. The lowest BCUT2D eigenvalue weighted by molar-refractivity contribution is 0.321. The number of rotatable bonds is 4. The molecule has 25 heavy (non-hydrogen) atoms. The summed E-state index contributed by atoms with van der Waals surface area (Å²) in [4.78, 5) is 10.9. The fourth-order valence-electron chi connectivity index (χ4n) is 3.44. The fourth-order valence-corrected chi connectivity index (χ4v) is 3.81. The highest BCUT2D eigenvalue weighted by Crippen LogP contribution is 2.39. The third kappa shape index (κ3) is 2.78. The van der Waals surface area contributed by atoms with Crippen LogP contribution in [0.3, 0.4) is 0 Å². The third-order valence-electron chi connectivity index (χ3n) is 4.56. The van der Waals surface area contributed by atoms with E-state index >= 15 is 0 Å². The summed E-state index contributed by atoms with van der Waals surface area (Å²) in [5.74, 6) is 0. The van der Waals surface area contributed by atoms with E-state index in [4.69, 9.17) is 12.2 Å². The average Bonchev–Trinajstić information content (AvgIpc) is 3.27. The highest BCUT2D eigenvalue weighted by molar-refractivity contribution is 7.80.